The second kappa shape index (κ2) is 14.0. The third-order valence-electron chi connectivity index (χ3n) is 12.4. The largest absolute Gasteiger partial charge is 0.454 e. The number of nitrogens with zero attached hydrogens (tertiary/aromatic N) is 5. The Kier molecular flexibility index (Phi) is 7.80. The maximum absolute atomic E-state index is 6.06. The van der Waals surface area contributed by atoms with Crippen LogP contribution in [0.25, 0.3) is 122 Å². The fourth-order valence-electron chi connectivity index (χ4n) is 9.41. The molecule has 0 bridgehead atoms. The predicted octanol–water partition coefficient (Wildman–Crippen LogP) is 14.6. The minimum Gasteiger partial charge on any atom is -0.454 e. The molecule has 0 N–H and O–H groups in total. The van der Waals surface area contributed by atoms with E-state index < -0.39 is 0 Å². The molecule has 0 aliphatic heterocycles. The van der Waals surface area contributed by atoms with Crippen LogP contribution in [0.5, 0.6) is 0 Å². The van der Waals surface area contributed by atoms with Gasteiger partial charge in [-0.2, -0.15) is 0 Å². The molecule has 13 aromatic rings. The van der Waals surface area contributed by atoms with Gasteiger partial charge in [-0.3, -0.25) is 9.55 Å². The van der Waals surface area contributed by atoms with Crippen molar-refractivity contribution in [3.63, 3.8) is 0 Å². The first kappa shape index (κ1) is 35.2. The number of benzene rings is 8. The summed E-state index contributed by atoms with van der Waals surface area (Å²) in [5.41, 5.74) is 15.2. The zero-order valence-corrected chi connectivity index (χ0v) is 33.9. The molecule has 5 aromatic heterocycles. The van der Waals surface area contributed by atoms with Gasteiger partial charge in [-0.05, 0) is 71.8 Å². The summed E-state index contributed by atoms with van der Waals surface area (Å²) < 4.78 is 10.6. The summed E-state index contributed by atoms with van der Waals surface area (Å²) in [6.07, 6.45) is 1.83. The molecule has 0 saturated heterocycles. The van der Waals surface area contributed by atoms with Crippen molar-refractivity contribution in [1.29, 1.82) is 0 Å². The van der Waals surface area contributed by atoms with Gasteiger partial charge in [0.15, 0.2) is 5.58 Å². The van der Waals surface area contributed by atoms with E-state index >= 15 is 0 Å². The van der Waals surface area contributed by atoms with Gasteiger partial charge in [0.05, 0.1) is 45.3 Å². The van der Waals surface area contributed by atoms with Gasteiger partial charge in [0, 0.05) is 54.7 Å². The molecule has 0 unspecified atom stereocenters. The van der Waals surface area contributed by atoms with E-state index in [2.05, 4.69) is 185 Å². The molecule has 0 atom stereocenters. The highest BCUT2D eigenvalue weighted by Gasteiger charge is 2.19. The fourth-order valence-corrected chi connectivity index (χ4v) is 9.41. The normalized spacial score (nSPS) is 11.8. The Bertz CT molecular complexity index is 3840. The minimum absolute atomic E-state index is 0.636. The van der Waals surface area contributed by atoms with Crippen LogP contribution in [0, 0.1) is 0 Å². The van der Waals surface area contributed by atoms with Crippen LogP contribution >= 0.6 is 0 Å². The summed E-state index contributed by atoms with van der Waals surface area (Å²) >= 11 is 0. The van der Waals surface area contributed by atoms with Gasteiger partial charge in [-0.15, -0.1) is 0 Å². The van der Waals surface area contributed by atoms with Gasteiger partial charge in [0.25, 0.3) is 0 Å². The van der Waals surface area contributed by atoms with Gasteiger partial charge in [-0.1, -0.05) is 146 Å². The molecule has 0 amide bonds. The van der Waals surface area contributed by atoms with Crippen LogP contribution in [0.3, 0.4) is 0 Å². The summed E-state index contributed by atoms with van der Waals surface area (Å²) in [6.45, 7) is 0. The summed E-state index contributed by atoms with van der Waals surface area (Å²) in [5.74, 6) is 0.636. The Morgan fingerprint density at radius 1 is 0.317 bits per heavy atom. The Hall–Kier alpha value is -8.61. The van der Waals surface area contributed by atoms with E-state index in [1.165, 1.54) is 10.8 Å². The number of furan rings is 1. The molecule has 0 aliphatic rings. The van der Waals surface area contributed by atoms with Crippen LogP contribution in [0.4, 0.5) is 0 Å². The Morgan fingerprint density at radius 2 is 0.857 bits per heavy atom. The number of para-hydroxylation sites is 3. The van der Waals surface area contributed by atoms with Gasteiger partial charge in [0.1, 0.15) is 5.58 Å². The Morgan fingerprint density at radius 3 is 1.59 bits per heavy atom. The minimum atomic E-state index is 0.636. The molecule has 0 fully saturated rings. The second-order valence-electron chi connectivity index (χ2n) is 16.1. The van der Waals surface area contributed by atoms with Crippen molar-refractivity contribution < 1.29 is 4.42 Å². The molecule has 0 saturated carbocycles. The van der Waals surface area contributed by atoms with Gasteiger partial charge < -0.3 is 8.98 Å². The third kappa shape index (κ3) is 5.69. The molecule has 63 heavy (non-hydrogen) atoms. The Balaban J connectivity index is 0.937. The monoisotopic (exact) mass is 805 g/mol. The van der Waals surface area contributed by atoms with E-state index in [0.717, 1.165) is 105 Å². The molecule has 294 valence electrons. The average molecular weight is 806 g/mol. The maximum Gasteiger partial charge on any atom is 0.235 e. The van der Waals surface area contributed by atoms with Crippen molar-refractivity contribution in [1.82, 2.24) is 24.1 Å². The van der Waals surface area contributed by atoms with E-state index in [0.29, 0.717) is 5.95 Å². The summed E-state index contributed by atoms with van der Waals surface area (Å²) in [6, 6.07) is 72.7. The molecule has 0 spiro atoms. The number of fused-ring (bicyclic) bond motifs is 9. The Labute approximate surface area is 361 Å². The van der Waals surface area contributed by atoms with Crippen LogP contribution in [0.2, 0.25) is 0 Å². The lowest BCUT2D eigenvalue weighted by atomic mass is 10.0. The first-order valence-electron chi connectivity index (χ1n) is 21.2. The lowest BCUT2D eigenvalue weighted by molar-refractivity contribution is 0.667. The highest BCUT2D eigenvalue weighted by Crippen LogP contribution is 2.39. The van der Waals surface area contributed by atoms with E-state index in [1.807, 2.05) is 36.5 Å². The van der Waals surface area contributed by atoms with E-state index in [9.17, 15) is 0 Å². The molecule has 8 aromatic carbocycles. The van der Waals surface area contributed by atoms with Gasteiger partial charge >= 0.3 is 0 Å². The van der Waals surface area contributed by atoms with Crippen LogP contribution in [-0.2, 0) is 0 Å². The smallest absolute Gasteiger partial charge is 0.235 e. The molecule has 0 aliphatic carbocycles. The zero-order valence-electron chi connectivity index (χ0n) is 33.9. The lowest BCUT2D eigenvalue weighted by Crippen LogP contribution is -2.03. The van der Waals surface area contributed by atoms with Crippen LogP contribution < -0.4 is 0 Å². The summed E-state index contributed by atoms with van der Waals surface area (Å²) in [4.78, 5) is 15.3. The molecule has 5 heterocycles. The second-order valence-corrected chi connectivity index (χ2v) is 16.1. The first-order chi connectivity index (χ1) is 31.2. The van der Waals surface area contributed by atoms with Gasteiger partial charge in [-0.25, -0.2) is 9.97 Å². The number of rotatable bonds is 6. The fraction of sp³-hybridized carbons (Fsp3) is 0. The zero-order chi connectivity index (χ0) is 41.4. The number of aromatic nitrogens is 5. The quantitative estimate of drug-likeness (QED) is 0.168. The van der Waals surface area contributed by atoms with E-state index in [1.54, 1.807) is 0 Å². The topological polar surface area (TPSA) is 61.7 Å². The van der Waals surface area contributed by atoms with Crippen molar-refractivity contribution >= 4 is 65.6 Å². The van der Waals surface area contributed by atoms with Crippen LogP contribution in [0.1, 0.15) is 0 Å². The molecule has 0 radical (unpaired) electrons. The molecule has 6 nitrogen and oxygen atoms in total. The lowest BCUT2D eigenvalue weighted by Gasteiger charge is -2.12. The van der Waals surface area contributed by atoms with Gasteiger partial charge in [0.2, 0.25) is 5.95 Å². The summed E-state index contributed by atoms with van der Waals surface area (Å²) in [5, 5.41) is 6.88. The molecule has 6 heteroatoms. The van der Waals surface area contributed by atoms with Crippen molar-refractivity contribution in [3.05, 3.63) is 212 Å². The number of hydrogen-bond acceptors (Lipinski definition) is 4. The van der Waals surface area contributed by atoms with Crippen molar-refractivity contribution in [3.8, 4) is 56.5 Å². The summed E-state index contributed by atoms with van der Waals surface area (Å²) in [7, 11) is 0. The molecular weight excluding hydrogens is 771 g/mol. The third-order valence-corrected chi connectivity index (χ3v) is 12.4. The standard InChI is InChI=1S/C57H35N5O/c1-3-13-36(14-4-1)49-34-50(37-15-5-2-6-16-37)60-57(59-49)62-52-21-11-8-18-43(52)46-31-39(26-30-53(46)62)40-25-29-44-42-17-7-10-20-51(42)61(54(44)32-40)41-27-23-38(24-28-41)48-33-47-45-19-9-12-22-55(45)63-56(47)35-58-48/h1-35H. The molecular formula is C57H35N5O. The number of hydrogen-bond donors (Lipinski definition) is 0. The van der Waals surface area contributed by atoms with Crippen molar-refractivity contribution in [2.75, 3.05) is 0 Å². The van der Waals surface area contributed by atoms with Crippen LogP contribution in [0.15, 0.2) is 217 Å². The predicted molar refractivity (Wildman–Crippen MR) is 258 cm³/mol. The highest BCUT2D eigenvalue weighted by atomic mass is 16.3. The van der Waals surface area contributed by atoms with E-state index in [4.69, 9.17) is 19.4 Å². The van der Waals surface area contributed by atoms with Crippen LogP contribution in [-0.4, -0.2) is 24.1 Å². The van der Waals surface area contributed by atoms with Crippen molar-refractivity contribution in [2.24, 2.45) is 0 Å². The molecule has 13 rings (SSSR count). The average Bonchev–Trinajstić information content (AvgIpc) is 4.01. The first-order valence-corrected chi connectivity index (χ1v) is 21.2. The highest BCUT2D eigenvalue weighted by molar-refractivity contribution is 6.12. The SMILES string of the molecule is c1ccc(-c2cc(-c3ccccc3)nc(-n3c4ccccc4c4cc(-c5ccc6c7ccccc7n(-c7ccc(-c8cc9c(cn8)oc8ccccc89)cc7)c6c5)ccc43)n2)cc1. The van der Waals surface area contributed by atoms with Crippen molar-refractivity contribution in [2.45, 2.75) is 0 Å². The maximum atomic E-state index is 6.06. The number of pyridine rings is 1. The van der Waals surface area contributed by atoms with E-state index in [-0.39, 0.29) is 0 Å².